The number of aliphatic hydroxyl groups is 1. The molecule has 1 aliphatic carbocycles. The van der Waals surface area contributed by atoms with E-state index in [4.69, 9.17) is 9.47 Å². The molecule has 0 aromatic carbocycles. The van der Waals surface area contributed by atoms with Crippen molar-refractivity contribution >= 4 is 12.1 Å². The number of piperidine rings is 1. The number of nitrogens with zero attached hydrogens (tertiary/aromatic N) is 1. The zero-order valence-corrected chi connectivity index (χ0v) is 12.5. The van der Waals surface area contributed by atoms with Gasteiger partial charge in [0.2, 0.25) is 0 Å². The normalized spacial score (nSPS) is 32.4. The summed E-state index contributed by atoms with van der Waals surface area (Å²) in [7, 11) is 0. The van der Waals surface area contributed by atoms with Crippen LogP contribution in [0.2, 0.25) is 0 Å². The highest BCUT2D eigenvalue weighted by molar-refractivity contribution is 5.83. The Hall–Kier alpha value is -1.30. The molecule has 20 heavy (non-hydrogen) atoms. The van der Waals surface area contributed by atoms with Gasteiger partial charge in [0.15, 0.2) is 0 Å². The van der Waals surface area contributed by atoms with E-state index in [1.807, 2.05) is 0 Å². The van der Waals surface area contributed by atoms with Crippen LogP contribution in [0.5, 0.6) is 0 Å². The summed E-state index contributed by atoms with van der Waals surface area (Å²) in [5, 5.41) is 9.95. The molecular formula is C14H23NO5. The summed E-state index contributed by atoms with van der Waals surface area (Å²) in [4.78, 5) is 25.8. The predicted octanol–water partition coefficient (Wildman–Crippen LogP) is 1.31. The molecule has 6 heteroatoms. The first-order valence-electron chi connectivity index (χ1n) is 7.10. The summed E-state index contributed by atoms with van der Waals surface area (Å²) in [5.74, 6) is -0.698. The molecule has 6 nitrogen and oxygen atoms in total. The molecule has 0 radical (unpaired) electrons. The van der Waals surface area contributed by atoms with Gasteiger partial charge >= 0.3 is 12.1 Å². The Kier molecular flexibility index (Phi) is 3.95. The second-order valence-electron chi connectivity index (χ2n) is 6.44. The molecule has 2 rings (SSSR count). The highest BCUT2D eigenvalue weighted by atomic mass is 16.6. The van der Waals surface area contributed by atoms with E-state index in [2.05, 4.69) is 0 Å². The molecule has 1 amide bonds. The second kappa shape index (κ2) is 5.24. The smallest absolute Gasteiger partial charge is 0.411 e. The molecular weight excluding hydrogens is 262 g/mol. The summed E-state index contributed by atoms with van der Waals surface area (Å²) in [6.45, 7) is 7.33. The predicted molar refractivity (Wildman–Crippen MR) is 71.0 cm³/mol. The van der Waals surface area contributed by atoms with E-state index in [-0.39, 0.29) is 18.6 Å². The number of likely N-dealkylation sites (tertiary alicyclic amines) is 1. The van der Waals surface area contributed by atoms with Gasteiger partial charge < -0.3 is 14.6 Å². The fourth-order valence-electron chi connectivity index (χ4n) is 3.11. The van der Waals surface area contributed by atoms with Crippen LogP contribution in [0.1, 0.15) is 40.5 Å². The molecule has 1 saturated heterocycles. The number of hydrogen-bond acceptors (Lipinski definition) is 5. The molecule has 2 bridgehead atoms. The van der Waals surface area contributed by atoms with E-state index in [0.717, 1.165) is 0 Å². The van der Waals surface area contributed by atoms with Crippen molar-refractivity contribution in [2.45, 2.75) is 64.3 Å². The first kappa shape index (κ1) is 15.1. The Labute approximate surface area is 119 Å². The largest absolute Gasteiger partial charge is 0.464 e. The fourth-order valence-corrected chi connectivity index (χ4v) is 3.11. The lowest BCUT2D eigenvalue weighted by molar-refractivity contribution is -0.153. The minimum absolute atomic E-state index is 0.140. The maximum Gasteiger partial charge on any atom is 0.411 e. The molecule has 0 aromatic heterocycles. The van der Waals surface area contributed by atoms with Gasteiger partial charge in [-0.05, 0) is 40.5 Å². The number of amides is 1. The van der Waals surface area contributed by atoms with Crippen LogP contribution in [0, 0.1) is 5.92 Å². The first-order chi connectivity index (χ1) is 9.24. The first-order valence-corrected chi connectivity index (χ1v) is 7.10. The molecule has 0 spiro atoms. The molecule has 114 valence electrons. The van der Waals surface area contributed by atoms with Crippen LogP contribution in [-0.2, 0) is 14.3 Å². The van der Waals surface area contributed by atoms with E-state index in [1.54, 1.807) is 27.7 Å². The molecule has 0 aromatic rings. The van der Waals surface area contributed by atoms with Crippen LogP contribution >= 0.6 is 0 Å². The van der Waals surface area contributed by atoms with Gasteiger partial charge in [-0.3, -0.25) is 4.90 Å². The van der Waals surface area contributed by atoms with Crippen molar-refractivity contribution in [3.63, 3.8) is 0 Å². The van der Waals surface area contributed by atoms with Crippen LogP contribution in [0.3, 0.4) is 0 Å². The minimum atomic E-state index is -0.724. The quantitative estimate of drug-likeness (QED) is 0.774. The van der Waals surface area contributed by atoms with E-state index in [1.165, 1.54) is 4.90 Å². The number of ether oxygens (including phenoxy) is 2. The van der Waals surface area contributed by atoms with Gasteiger partial charge in [0.05, 0.1) is 12.7 Å². The number of esters is 1. The topological polar surface area (TPSA) is 76.1 Å². The second-order valence-corrected chi connectivity index (χ2v) is 6.44. The van der Waals surface area contributed by atoms with E-state index in [9.17, 15) is 14.7 Å². The van der Waals surface area contributed by atoms with Gasteiger partial charge in [0, 0.05) is 12.0 Å². The fraction of sp³-hybridized carbons (Fsp3) is 0.857. The monoisotopic (exact) mass is 285 g/mol. The molecule has 1 heterocycles. The number of hydrogen-bond donors (Lipinski definition) is 1. The van der Waals surface area contributed by atoms with Crippen LogP contribution in [0.15, 0.2) is 0 Å². The van der Waals surface area contributed by atoms with Crippen molar-refractivity contribution < 1.29 is 24.2 Å². The molecule has 2 aliphatic rings. The number of fused-ring (bicyclic) bond motifs is 2. The molecule has 1 aliphatic heterocycles. The Morgan fingerprint density at radius 2 is 1.95 bits per heavy atom. The molecule has 0 unspecified atom stereocenters. The van der Waals surface area contributed by atoms with Crippen LogP contribution in [-0.4, -0.2) is 52.5 Å². The standard InChI is InChI=1S/C14H23NO5/c1-5-19-12(17)11-9-6-8(7-10(9)16)15(11)13(18)20-14(2,3)4/h8-11,16H,5-7H2,1-4H3/t8-,9+,10+,11-/m1/s1. The van der Waals surface area contributed by atoms with Gasteiger partial charge in [-0.1, -0.05) is 0 Å². The van der Waals surface area contributed by atoms with Crippen molar-refractivity contribution in [3.05, 3.63) is 0 Å². The van der Waals surface area contributed by atoms with Crippen molar-refractivity contribution in [2.75, 3.05) is 6.61 Å². The third kappa shape index (κ3) is 2.75. The Morgan fingerprint density at radius 1 is 1.30 bits per heavy atom. The van der Waals surface area contributed by atoms with Gasteiger partial charge in [0.1, 0.15) is 11.6 Å². The number of aliphatic hydroxyl groups excluding tert-OH is 1. The van der Waals surface area contributed by atoms with Crippen molar-refractivity contribution in [1.29, 1.82) is 0 Å². The van der Waals surface area contributed by atoms with Crippen LogP contribution < -0.4 is 0 Å². The van der Waals surface area contributed by atoms with Crippen molar-refractivity contribution in [1.82, 2.24) is 4.90 Å². The van der Waals surface area contributed by atoms with Crippen LogP contribution in [0.25, 0.3) is 0 Å². The van der Waals surface area contributed by atoms with Gasteiger partial charge in [0.25, 0.3) is 0 Å². The van der Waals surface area contributed by atoms with Crippen molar-refractivity contribution in [2.24, 2.45) is 5.92 Å². The Bertz CT molecular complexity index is 403. The molecule has 1 saturated carbocycles. The lowest BCUT2D eigenvalue weighted by Crippen LogP contribution is -2.54. The number of carbonyl (C=O) groups is 2. The van der Waals surface area contributed by atoms with Gasteiger partial charge in [-0.2, -0.15) is 0 Å². The average Bonchev–Trinajstić information content (AvgIpc) is 2.82. The SMILES string of the molecule is CCOC(=O)[C@H]1[C@H]2C[C@H](C[C@@H]2O)N1C(=O)OC(C)(C)C. The van der Waals surface area contributed by atoms with Crippen LogP contribution in [0.4, 0.5) is 4.79 Å². The lowest BCUT2D eigenvalue weighted by atomic mass is 9.96. The average molecular weight is 285 g/mol. The highest BCUT2D eigenvalue weighted by Gasteiger charge is 2.57. The van der Waals surface area contributed by atoms with Gasteiger partial charge in [-0.15, -0.1) is 0 Å². The Balaban J connectivity index is 2.17. The van der Waals surface area contributed by atoms with E-state index >= 15 is 0 Å². The maximum atomic E-state index is 12.3. The van der Waals surface area contributed by atoms with E-state index in [0.29, 0.717) is 12.8 Å². The highest BCUT2D eigenvalue weighted by Crippen LogP contribution is 2.43. The van der Waals surface area contributed by atoms with E-state index < -0.39 is 29.8 Å². The van der Waals surface area contributed by atoms with Crippen molar-refractivity contribution in [3.8, 4) is 0 Å². The zero-order valence-electron chi connectivity index (χ0n) is 12.5. The Morgan fingerprint density at radius 3 is 2.50 bits per heavy atom. The summed E-state index contributed by atoms with van der Waals surface area (Å²) < 4.78 is 10.4. The summed E-state index contributed by atoms with van der Waals surface area (Å²) in [6, 6.07) is -0.863. The maximum absolute atomic E-state index is 12.3. The number of rotatable bonds is 2. The molecule has 4 atom stereocenters. The zero-order chi connectivity index (χ0) is 15.1. The minimum Gasteiger partial charge on any atom is -0.464 e. The van der Waals surface area contributed by atoms with Gasteiger partial charge in [-0.25, -0.2) is 9.59 Å². The third-order valence-electron chi connectivity index (χ3n) is 3.78. The third-order valence-corrected chi connectivity index (χ3v) is 3.78. The summed E-state index contributed by atoms with van der Waals surface area (Å²) >= 11 is 0. The molecule has 2 fully saturated rings. The summed E-state index contributed by atoms with van der Waals surface area (Å²) in [6.07, 6.45) is 0.0759. The summed E-state index contributed by atoms with van der Waals surface area (Å²) in [5.41, 5.74) is -0.614. The lowest BCUT2D eigenvalue weighted by Gasteiger charge is -2.36. The molecule has 1 N–H and O–H groups in total. The number of carbonyl (C=O) groups excluding carboxylic acids is 2.